The zero-order chi connectivity index (χ0) is 15.7. The third-order valence-corrected chi connectivity index (χ3v) is 2.35. The lowest BCUT2D eigenvalue weighted by atomic mass is 10.3. The number of amides is 1. The first-order valence-electron chi connectivity index (χ1n) is 6.32. The van der Waals surface area contributed by atoms with Crippen LogP contribution in [0, 0.1) is 10.1 Å². The zero-order valence-corrected chi connectivity index (χ0v) is 11.5. The molecule has 21 heavy (non-hydrogen) atoms. The van der Waals surface area contributed by atoms with E-state index in [2.05, 4.69) is 5.32 Å². The number of hydrogen-bond acceptors (Lipinski definition) is 6. The van der Waals surface area contributed by atoms with Crippen molar-refractivity contribution in [2.24, 2.45) is 0 Å². The summed E-state index contributed by atoms with van der Waals surface area (Å²) in [6.45, 7) is 1.85. The molecule has 0 spiro atoms. The van der Waals surface area contributed by atoms with Gasteiger partial charge in [0.2, 0.25) is 0 Å². The van der Waals surface area contributed by atoms with Gasteiger partial charge in [0.05, 0.1) is 24.0 Å². The molecular formula is C13H16N2O6. The van der Waals surface area contributed by atoms with E-state index in [1.807, 2.05) is 0 Å². The maximum Gasteiger partial charge on any atom is 0.307 e. The molecule has 0 aliphatic rings. The van der Waals surface area contributed by atoms with Crippen molar-refractivity contribution < 1.29 is 24.0 Å². The van der Waals surface area contributed by atoms with E-state index in [1.165, 1.54) is 24.3 Å². The van der Waals surface area contributed by atoms with Gasteiger partial charge in [-0.25, -0.2) is 0 Å². The monoisotopic (exact) mass is 296 g/mol. The van der Waals surface area contributed by atoms with E-state index in [4.69, 9.17) is 9.47 Å². The minimum Gasteiger partial charge on any atom is -0.484 e. The highest BCUT2D eigenvalue weighted by molar-refractivity contribution is 5.78. The van der Waals surface area contributed by atoms with Gasteiger partial charge in [-0.2, -0.15) is 0 Å². The Morgan fingerprint density at radius 2 is 2.14 bits per heavy atom. The maximum absolute atomic E-state index is 11.5. The van der Waals surface area contributed by atoms with E-state index in [-0.39, 0.29) is 31.0 Å². The van der Waals surface area contributed by atoms with Crippen molar-refractivity contribution in [2.75, 3.05) is 19.8 Å². The predicted octanol–water partition coefficient (Wildman–Crippen LogP) is 1.04. The SMILES string of the molecule is CCOC(=O)CCNC(=O)COc1cccc([N+](=O)[O-])c1. The Bertz CT molecular complexity index is 517. The first-order valence-corrected chi connectivity index (χ1v) is 6.32. The van der Waals surface area contributed by atoms with Gasteiger partial charge < -0.3 is 14.8 Å². The van der Waals surface area contributed by atoms with Crippen LogP contribution in [-0.2, 0) is 14.3 Å². The van der Waals surface area contributed by atoms with Crippen LogP contribution >= 0.6 is 0 Å². The Morgan fingerprint density at radius 1 is 1.38 bits per heavy atom. The number of nitro groups is 1. The first-order chi connectivity index (χ1) is 10.0. The lowest BCUT2D eigenvalue weighted by Gasteiger charge is -2.07. The molecule has 0 fully saturated rings. The summed E-state index contributed by atoms with van der Waals surface area (Å²) in [6.07, 6.45) is 0.0798. The molecule has 0 unspecified atom stereocenters. The molecule has 0 heterocycles. The van der Waals surface area contributed by atoms with Crippen molar-refractivity contribution in [2.45, 2.75) is 13.3 Å². The molecule has 0 aliphatic heterocycles. The van der Waals surface area contributed by atoms with Crippen molar-refractivity contribution in [3.63, 3.8) is 0 Å². The molecule has 1 aromatic rings. The average molecular weight is 296 g/mol. The molecule has 8 heteroatoms. The molecule has 1 rings (SSSR count). The van der Waals surface area contributed by atoms with Crippen molar-refractivity contribution in [1.29, 1.82) is 0 Å². The van der Waals surface area contributed by atoms with Crippen LogP contribution in [-0.4, -0.2) is 36.6 Å². The summed E-state index contributed by atoms with van der Waals surface area (Å²) in [5, 5.41) is 13.1. The molecule has 114 valence electrons. The fourth-order valence-corrected chi connectivity index (χ4v) is 1.42. The Hall–Kier alpha value is -2.64. The van der Waals surface area contributed by atoms with Crippen LogP contribution in [0.2, 0.25) is 0 Å². The molecule has 8 nitrogen and oxygen atoms in total. The minimum atomic E-state index is -0.549. The third-order valence-electron chi connectivity index (χ3n) is 2.35. The molecule has 1 N–H and O–H groups in total. The Morgan fingerprint density at radius 3 is 2.81 bits per heavy atom. The molecule has 0 aromatic heterocycles. The molecule has 0 radical (unpaired) electrons. The number of nitrogens with zero attached hydrogens (tertiary/aromatic N) is 1. The molecule has 0 saturated carbocycles. The summed E-state index contributed by atoms with van der Waals surface area (Å²) in [6, 6.07) is 5.53. The van der Waals surface area contributed by atoms with Gasteiger partial charge in [0.25, 0.3) is 11.6 Å². The fourth-order valence-electron chi connectivity index (χ4n) is 1.42. The number of carbonyl (C=O) groups excluding carboxylic acids is 2. The number of benzene rings is 1. The van der Waals surface area contributed by atoms with Crippen LogP contribution in [0.1, 0.15) is 13.3 Å². The average Bonchev–Trinajstić information content (AvgIpc) is 2.45. The normalized spacial score (nSPS) is 9.76. The Balaban J connectivity index is 2.31. The number of nitro benzene ring substituents is 1. The van der Waals surface area contributed by atoms with Crippen molar-refractivity contribution in [1.82, 2.24) is 5.32 Å². The van der Waals surface area contributed by atoms with Gasteiger partial charge in [-0.3, -0.25) is 19.7 Å². The summed E-state index contributed by atoms with van der Waals surface area (Å²) in [7, 11) is 0. The number of ether oxygens (including phenoxy) is 2. The van der Waals surface area contributed by atoms with E-state index >= 15 is 0 Å². The second-order valence-corrected chi connectivity index (χ2v) is 3.95. The molecule has 1 aromatic carbocycles. The third kappa shape index (κ3) is 6.37. The fraction of sp³-hybridized carbons (Fsp3) is 0.385. The highest BCUT2D eigenvalue weighted by atomic mass is 16.6. The largest absolute Gasteiger partial charge is 0.484 e. The highest BCUT2D eigenvalue weighted by Crippen LogP contribution is 2.18. The number of hydrogen-bond donors (Lipinski definition) is 1. The number of carbonyl (C=O) groups is 2. The molecular weight excluding hydrogens is 280 g/mol. The predicted molar refractivity (Wildman–Crippen MR) is 72.9 cm³/mol. The second kappa shape index (κ2) is 8.51. The molecule has 0 saturated heterocycles. The van der Waals surface area contributed by atoms with E-state index in [0.717, 1.165) is 0 Å². The van der Waals surface area contributed by atoms with Gasteiger partial charge in [0, 0.05) is 12.6 Å². The quantitative estimate of drug-likeness (QED) is 0.436. The minimum absolute atomic E-state index is 0.0798. The topological polar surface area (TPSA) is 108 Å². The Kier molecular flexibility index (Phi) is 6.66. The van der Waals surface area contributed by atoms with Crippen LogP contribution in [0.4, 0.5) is 5.69 Å². The standard InChI is InChI=1S/C13H16N2O6/c1-2-20-13(17)6-7-14-12(16)9-21-11-5-3-4-10(8-11)15(18)19/h3-5,8H,2,6-7,9H2,1H3,(H,14,16). The molecule has 1 amide bonds. The van der Waals surface area contributed by atoms with Crippen LogP contribution in [0.15, 0.2) is 24.3 Å². The van der Waals surface area contributed by atoms with Gasteiger partial charge in [-0.1, -0.05) is 6.07 Å². The number of esters is 1. The van der Waals surface area contributed by atoms with E-state index in [1.54, 1.807) is 6.92 Å². The van der Waals surface area contributed by atoms with Crippen molar-refractivity contribution in [3.8, 4) is 5.75 Å². The van der Waals surface area contributed by atoms with Crippen LogP contribution in [0.25, 0.3) is 0 Å². The van der Waals surface area contributed by atoms with Crippen molar-refractivity contribution in [3.05, 3.63) is 34.4 Å². The Labute approximate surface area is 121 Å². The summed E-state index contributed by atoms with van der Waals surface area (Å²) in [4.78, 5) is 32.5. The molecule has 0 aliphatic carbocycles. The van der Waals surface area contributed by atoms with Crippen molar-refractivity contribution >= 4 is 17.6 Å². The van der Waals surface area contributed by atoms with E-state index < -0.39 is 16.8 Å². The smallest absolute Gasteiger partial charge is 0.307 e. The lowest BCUT2D eigenvalue weighted by Crippen LogP contribution is -2.31. The zero-order valence-electron chi connectivity index (χ0n) is 11.5. The first kappa shape index (κ1) is 16.4. The van der Waals surface area contributed by atoms with Gasteiger partial charge in [0.1, 0.15) is 5.75 Å². The van der Waals surface area contributed by atoms with Crippen LogP contribution in [0.5, 0.6) is 5.75 Å². The van der Waals surface area contributed by atoms with Gasteiger partial charge in [-0.15, -0.1) is 0 Å². The number of non-ortho nitro benzene ring substituents is 1. The maximum atomic E-state index is 11.5. The lowest BCUT2D eigenvalue weighted by molar-refractivity contribution is -0.384. The summed E-state index contributed by atoms with van der Waals surface area (Å²) in [5.41, 5.74) is -0.116. The van der Waals surface area contributed by atoms with Gasteiger partial charge in [-0.05, 0) is 13.0 Å². The van der Waals surface area contributed by atoms with Crippen LogP contribution in [0.3, 0.4) is 0 Å². The summed E-state index contributed by atoms with van der Waals surface area (Å²) < 4.78 is 9.83. The highest BCUT2D eigenvalue weighted by Gasteiger charge is 2.08. The summed E-state index contributed by atoms with van der Waals surface area (Å²) >= 11 is 0. The van der Waals surface area contributed by atoms with E-state index in [9.17, 15) is 19.7 Å². The second-order valence-electron chi connectivity index (χ2n) is 3.95. The van der Waals surface area contributed by atoms with E-state index in [0.29, 0.717) is 6.61 Å². The molecule has 0 bridgehead atoms. The summed E-state index contributed by atoms with van der Waals surface area (Å²) in [5.74, 6) is -0.590. The number of nitrogens with one attached hydrogen (secondary N) is 1. The molecule has 0 atom stereocenters. The van der Waals surface area contributed by atoms with Gasteiger partial charge >= 0.3 is 5.97 Å². The van der Waals surface area contributed by atoms with Gasteiger partial charge in [0.15, 0.2) is 6.61 Å². The van der Waals surface area contributed by atoms with Crippen LogP contribution < -0.4 is 10.1 Å². The number of rotatable bonds is 8.